The number of likely N-dealkylation sites (N-methyl/N-ethyl adjacent to an activating group) is 1. The molecule has 37 heavy (non-hydrogen) atoms. The van der Waals surface area contributed by atoms with Gasteiger partial charge in [0.1, 0.15) is 17.3 Å². The number of amidine groups is 1. The van der Waals surface area contributed by atoms with Gasteiger partial charge in [0.25, 0.3) is 0 Å². The van der Waals surface area contributed by atoms with E-state index in [0.29, 0.717) is 29.5 Å². The maximum Gasteiger partial charge on any atom is 0.340 e. The Bertz CT molecular complexity index is 1390. The lowest BCUT2D eigenvalue weighted by molar-refractivity contribution is 0.0219. The standard InChI is InChI=1S/C31H33N3O3/c1-6-34(7-2)23-17-18-26-27(19-23)36-21(3)28(29(33(4)5)32-20-22-13-9-8-10-14-22)31(26)25-16-12-11-15-24(25)30(35)37-31/h8-19H,6-7,20H2,1-5H3/b32-29+. The summed E-state index contributed by atoms with van der Waals surface area (Å²) in [6.07, 6.45) is 0. The second kappa shape index (κ2) is 9.77. The molecule has 0 saturated carbocycles. The van der Waals surface area contributed by atoms with Gasteiger partial charge >= 0.3 is 5.97 Å². The van der Waals surface area contributed by atoms with E-state index < -0.39 is 5.60 Å². The van der Waals surface area contributed by atoms with Gasteiger partial charge in [-0.25, -0.2) is 4.79 Å². The largest absolute Gasteiger partial charge is 0.461 e. The Balaban J connectivity index is 1.74. The number of hydrogen-bond donors (Lipinski definition) is 0. The van der Waals surface area contributed by atoms with E-state index in [2.05, 4.69) is 43.0 Å². The molecule has 2 aliphatic heterocycles. The number of esters is 1. The van der Waals surface area contributed by atoms with Crippen molar-refractivity contribution in [3.63, 3.8) is 0 Å². The van der Waals surface area contributed by atoms with Crippen LogP contribution >= 0.6 is 0 Å². The fourth-order valence-electron chi connectivity index (χ4n) is 5.38. The van der Waals surface area contributed by atoms with Crippen molar-refractivity contribution in [2.24, 2.45) is 4.99 Å². The third kappa shape index (κ3) is 4.06. The van der Waals surface area contributed by atoms with Crippen molar-refractivity contribution in [3.05, 3.63) is 106 Å². The molecule has 0 bridgehead atoms. The van der Waals surface area contributed by atoms with Crippen molar-refractivity contribution >= 4 is 17.5 Å². The zero-order chi connectivity index (χ0) is 26.2. The van der Waals surface area contributed by atoms with E-state index >= 15 is 0 Å². The second-order valence-corrected chi connectivity index (χ2v) is 9.52. The number of carbonyl (C=O) groups is 1. The van der Waals surface area contributed by atoms with Crippen LogP contribution in [0.4, 0.5) is 5.69 Å². The Labute approximate surface area is 218 Å². The molecule has 0 aliphatic carbocycles. The molecule has 0 aromatic heterocycles. The minimum Gasteiger partial charge on any atom is -0.461 e. The molecule has 190 valence electrons. The minimum absolute atomic E-state index is 0.345. The monoisotopic (exact) mass is 495 g/mol. The van der Waals surface area contributed by atoms with Crippen molar-refractivity contribution in [3.8, 4) is 5.75 Å². The first-order chi connectivity index (χ1) is 17.9. The van der Waals surface area contributed by atoms with Crippen LogP contribution in [0.5, 0.6) is 5.75 Å². The lowest BCUT2D eigenvalue weighted by Crippen LogP contribution is -2.42. The molecule has 6 nitrogen and oxygen atoms in total. The van der Waals surface area contributed by atoms with Gasteiger partial charge in [0.2, 0.25) is 0 Å². The lowest BCUT2D eigenvalue weighted by Gasteiger charge is -2.40. The number of nitrogens with zero attached hydrogens (tertiary/aromatic N) is 3. The summed E-state index contributed by atoms with van der Waals surface area (Å²) in [6.45, 7) is 8.46. The highest BCUT2D eigenvalue weighted by molar-refractivity contribution is 6.06. The molecule has 1 spiro atoms. The van der Waals surface area contributed by atoms with Gasteiger partial charge in [-0.1, -0.05) is 48.5 Å². The molecule has 2 aliphatic rings. The quantitative estimate of drug-likeness (QED) is 0.247. The number of fused-ring (bicyclic) bond motifs is 4. The van der Waals surface area contributed by atoms with E-state index in [9.17, 15) is 4.79 Å². The summed E-state index contributed by atoms with van der Waals surface area (Å²) in [5, 5.41) is 0. The van der Waals surface area contributed by atoms with Crippen LogP contribution in [0.1, 0.15) is 47.8 Å². The van der Waals surface area contributed by atoms with Crippen LogP contribution in [0.2, 0.25) is 0 Å². The van der Waals surface area contributed by atoms with E-state index in [1.165, 1.54) is 0 Å². The van der Waals surface area contributed by atoms with E-state index in [1.807, 2.05) is 74.4 Å². The number of ether oxygens (including phenoxy) is 2. The third-order valence-electron chi connectivity index (χ3n) is 7.11. The third-order valence-corrected chi connectivity index (χ3v) is 7.11. The van der Waals surface area contributed by atoms with Crippen LogP contribution < -0.4 is 9.64 Å². The Kier molecular flexibility index (Phi) is 6.50. The number of carbonyl (C=O) groups excluding carboxylic acids is 1. The average Bonchev–Trinajstić information content (AvgIpc) is 3.19. The minimum atomic E-state index is -1.16. The molecule has 0 saturated heterocycles. The number of benzene rings is 3. The van der Waals surface area contributed by atoms with Crippen LogP contribution in [0.15, 0.2) is 89.1 Å². The number of anilines is 1. The van der Waals surface area contributed by atoms with Gasteiger partial charge in [0.15, 0.2) is 5.60 Å². The smallest absolute Gasteiger partial charge is 0.340 e. The van der Waals surface area contributed by atoms with Gasteiger partial charge < -0.3 is 19.3 Å². The molecule has 6 heteroatoms. The van der Waals surface area contributed by atoms with Crippen molar-refractivity contribution in [2.45, 2.75) is 32.9 Å². The van der Waals surface area contributed by atoms with Gasteiger partial charge in [0.05, 0.1) is 17.7 Å². The molecule has 0 N–H and O–H groups in total. The van der Waals surface area contributed by atoms with Crippen LogP contribution in [-0.4, -0.2) is 43.9 Å². The van der Waals surface area contributed by atoms with Crippen molar-refractivity contribution in [2.75, 3.05) is 32.1 Å². The van der Waals surface area contributed by atoms with Gasteiger partial charge in [-0.05, 0) is 44.5 Å². The van der Waals surface area contributed by atoms with Crippen LogP contribution in [0, 0.1) is 0 Å². The number of hydrogen-bond acceptors (Lipinski definition) is 5. The van der Waals surface area contributed by atoms with E-state index in [0.717, 1.165) is 41.0 Å². The Morgan fingerprint density at radius 3 is 2.32 bits per heavy atom. The van der Waals surface area contributed by atoms with Crippen molar-refractivity contribution in [1.82, 2.24) is 4.90 Å². The lowest BCUT2D eigenvalue weighted by atomic mass is 9.76. The summed E-state index contributed by atoms with van der Waals surface area (Å²) in [5.41, 5.74) is 3.93. The molecule has 5 rings (SSSR count). The number of aliphatic imine (C=N–C) groups is 1. The van der Waals surface area contributed by atoms with Gasteiger partial charge in [-0.15, -0.1) is 0 Å². The average molecular weight is 496 g/mol. The molecule has 0 radical (unpaired) electrons. The Morgan fingerprint density at radius 1 is 0.919 bits per heavy atom. The summed E-state index contributed by atoms with van der Waals surface area (Å²) in [4.78, 5) is 22.6. The molecular formula is C31H33N3O3. The Hall–Kier alpha value is -4.06. The summed E-state index contributed by atoms with van der Waals surface area (Å²) < 4.78 is 12.9. The summed E-state index contributed by atoms with van der Waals surface area (Å²) in [5.74, 6) is 1.72. The van der Waals surface area contributed by atoms with Gasteiger partial charge in [-0.2, -0.15) is 0 Å². The summed E-state index contributed by atoms with van der Waals surface area (Å²) >= 11 is 0. The molecular weight excluding hydrogens is 462 g/mol. The summed E-state index contributed by atoms with van der Waals surface area (Å²) in [7, 11) is 3.92. The fraction of sp³-hybridized carbons (Fsp3) is 0.290. The van der Waals surface area contributed by atoms with Gasteiger partial charge in [0, 0.05) is 50.1 Å². The number of rotatable bonds is 6. The van der Waals surface area contributed by atoms with E-state index in [-0.39, 0.29) is 5.97 Å². The molecule has 1 unspecified atom stereocenters. The highest BCUT2D eigenvalue weighted by Gasteiger charge is 2.56. The fourth-order valence-corrected chi connectivity index (χ4v) is 5.38. The highest BCUT2D eigenvalue weighted by Crippen LogP contribution is 2.54. The molecule has 3 aromatic carbocycles. The summed E-state index contributed by atoms with van der Waals surface area (Å²) in [6, 6.07) is 23.9. The normalized spacial score (nSPS) is 18.3. The van der Waals surface area contributed by atoms with Crippen LogP contribution in [0.25, 0.3) is 0 Å². The highest BCUT2D eigenvalue weighted by atomic mass is 16.6. The van der Waals surface area contributed by atoms with E-state index in [4.69, 9.17) is 14.5 Å². The molecule has 0 amide bonds. The van der Waals surface area contributed by atoms with Crippen LogP contribution in [0.3, 0.4) is 0 Å². The zero-order valence-electron chi connectivity index (χ0n) is 22.1. The molecule has 3 aromatic rings. The maximum absolute atomic E-state index is 13.3. The molecule has 1 atom stereocenters. The SMILES string of the molecule is CCN(CC)c1ccc2c(c1)OC(C)=C(/C(=N\Cc1ccccc1)N(C)C)C21OC(=O)c2ccccc21. The first-order valence-corrected chi connectivity index (χ1v) is 12.8. The second-order valence-electron chi connectivity index (χ2n) is 9.52. The molecule has 0 fully saturated rings. The predicted octanol–water partition coefficient (Wildman–Crippen LogP) is 5.77. The predicted molar refractivity (Wildman–Crippen MR) is 147 cm³/mol. The zero-order valence-corrected chi connectivity index (χ0v) is 22.1. The van der Waals surface area contributed by atoms with E-state index in [1.54, 1.807) is 0 Å². The maximum atomic E-state index is 13.3. The topological polar surface area (TPSA) is 54.4 Å². The van der Waals surface area contributed by atoms with Gasteiger partial charge in [-0.3, -0.25) is 4.99 Å². The van der Waals surface area contributed by atoms with Crippen molar-refractivity contribution in [1.29, 1.82) is 0 Å². The first-order valence-electron chi connectivity index (χ1n) is 12.8. The first kappa shape index (κ1) is 24.6. The van der Waals surface area contributed by atoms with Crippen molar-refractivity contribution < 1.29 is 14.3 Å². The Morgan fingerprint density at radius 2 is 1.62 bits per heavy atom. The number of allylic oxidation sites excluding steroid dienone is 1. The van der Waals surface area contributed by atoms with Crippen LogP contribution in [-0.2, 0) is 16.9 Å². The molecule has 2 heterocycles.